The Balaban J connectivity index is 2.11. The van der Waals surface area contributed by atoms with Crippen LogP contribution in [-0.4, -0.2) is 20.9 Å². The summed E-state index contributed by atoms with van der Waals surface area (Å²) in [5.74, 6) is 0.146. The van der Waals surface area contributed by atoms with Gasteiger partial charge in [0, 0.05) is 16.9 Å². The predicted molar refractivity (Wildman–Crippen MR) is 66.7 cm³/mol. The minimum Gasteiger partial charge on any atom is -0.305 e. The minimum atomic E-state index is -0.327. The Bertz CT molecular complexity index is 524. The SMILES string of the molecule is Cc1cnc(C(=O)Nc2ccc(Br)cn2)cn1. The van der Waals surface area contributed by atoms with E-state index in [4.69, 9.17) is 0 Å². The Morgan fingerprint density at radius 1 is 1.18 bits per heavy atom. The maximum absolute atomic E-state index is 11.7. The average molecular weight is 293 g/mol. The number of aryl methyl sites for hydroxylation is 1. The lowest BCUT2D eigenvalue weighted by Gasteiger charge is -2.03. The lowest BCUT2D eigenvalue weighted by atomic mass is 10.4. The van der Waals surface area contributed by atoms with Gasteiger partial charge >= 0.3 is 0 Å². The van der Waals surface area contributed by atoms with Crippen molar-refractivity contribution in [2.24, 2.45) is 0 Å². The number of nitrogens with one attached hydrogen (secondary N) is 1. The average Bonchev–Trinajstić information content (AvgIpc) is 2.33. The molecule has 2 aromatic heterocycles. The van der Waals surface area contributed by atoms with Crippen LogP contribution in [0.4, 0.5) is 5.82 Å². The monoisotopic (exact) mass is 292 g/mol. The topological polar surface area (TPSA) is 67.8 Å². The van der Waals surface area contributed by atoms with E-state index in [1.165, 1.54) is 6.20 Å². The lowest BCUT2D eigenvalue weighted by Crippen LogP contribution is -2.14. The molecule has 0 aliphatic carbocycles. The number of carbonyl (C=O) groups excluding carboxylic acids is 1. The first-order valence-electron chi connectivity index (χ1n) is 4.87. The first kappa shape index (κ1) is 11.7. The Labute approximate surface area is 106 Å². The lowest BCUT2D eigenvalue weighted by molar-refractivity contribution is 0.102. The fourth-order valence-corrected chi connectivity index (χ4v) is 1.37. The minimum absolute atomic E-state index is 0.264. The molecular weight excluding hydrogens is 284 g/mol. The van der Waals surface area contributed by atoms with Crippen molar-refractivity contribution in [3.05, 3.63) is 46.6 Å². The Kier molecular flexibility index (Phi) is 3.43. The van der Waals surface area contributed by atoms with Gasteiger partial charge in [-0.15, -0.1) is 0 Å². The van der Waals surface area contributed by atoms with E-state index in [0.717, 1.165) is 10.2 Å². The van der Waals surface area contributed by atoms with E-state index in [9.17, 15) is 4.79 Å². The van der Waals surface area contributed by atoms with Gasteiger partial charge in [-0.2, -0.15) is 0 Å². The Morgan fingerprint density at radius 2 is 2.00 bits per heavy atom. The van der Waals surface area contributed by atoms with Gasteiger partial charge in [-0.3, -0.25) is 9.78 Å². The molecule has 0 radical (unpaired) electrons. The molecule has 0 bridgehead atoms. The molecule has 0 aliphatic heterocycles. The second kappa shape index (κ2) is 5.01. The molecular formula is C11H9BrN4O. The van der Waals surface area contributed by atoms with E-state index in [1.54, 1.807) is 24.5 Å². The van der Waals surface area contributed by atoms with Crippen LogP contribution < -0.4 is 5.32 Å². The summed E-state index contributed by atoms with van der Waals surface area (Å²) in [7, 11) is 0. The van der Waals surface area contributed by atoms with E-state index in [1.807, 2.05) is 6.92 Å². The second-order valence-corrected chi connectivity index (χ2v) is 4.27. The van der Waals surface area contributed by atoms with Crippen LogP contribution in [0.5, 0.6) is 0 Å². The highest BCUT2D eigenvalue weighted by atomic mass is 79.9. The van der Waals surface area contributed by atoms with E-state index in [-0.39, 0.29) is 11.6 Å². The maximum atomic E-state index is 11.7. The zero-order valence-electron chi connectivity index (χ0n) is 9.01. The van der Waals surface area contributed by atoms with E-state index in [0.29, 0.717) is 5.82 Å². The number of aromatic nitrogens is 3. The third kappa shape index (κ3) is 3.07. The molecule has 0 aromatic carbocycles. The number of hydrogen-bond acceptors (Lipinski definition) is 4. The van der Waals surface area contributed by atoms with Crippen molar-refractivity contribution in [1.82, 2.24) is 15.0 Å². The van der Waals surface area contributed by atoms with Gasteiger partial charge in [0.25, 0.3) is 5.91 Å². The van der Waals surface area contributed by atoms with E-state index in [2.05, 4.69) is 36.2 Å². The number of pyridine rings is 1. The molecule has 2 heterocycles. The molecule has 1 N–H and O–H groups in total. The van der Waals surface area contributed by atoms with Crippen molar-refractivity contribution in [3.63, 3.8) is 0 Å². The van der Waals surface area contributed by atoms with Crippen LogP contribution in [0.1, 0.15) is 16.2 Å². The van der Waals surface area contributed by atoms with Crippen molar-refractivity contribution in [1.29, 1.82) is 0 Å². The molecule has 17 heavy (non-hydrogen) atoms. The van der Waals surface area contributed by atoms with Crippen LogP contribution >= 0.6 is 15.9 Å². The van der Waals surface area contributed by atoms with Crippen LogP contribution in [0.25, 0.3) is 0 Å². The molecule has 0 saturated carbocycles. The molecule has 0 saturated heterocycles. The van der Waals surface area contributed by atoms with Gasteiger partial charge in [0.2, 0.25) is 0 Å². The molecule has 2 aromatic rings. The summed E-state index contributed by atoms with van der Waals surface area (Å²) in [6.07, 6.45) is 4.59. The van der Waals surface area contributed by atoms with Crippen molar-refractivity contribution in [2.45, 2.75) is 6.92 Å². The number of hydrogen-bond donors (Lipinski definition) is 1. The summed E-state index contributed by atoms with van der Waals surface area (Å²) in [6.45, 7) is 1.81. The predicted octanol–water partition coefficient (Wildman–Crippen LogP) is 2.19. The number of amides is 1. The number of rotatable bonds is 2. The van der Waals surface area contributed by atoms with Crippen molar-refractivity contribution < 1.29 is 4.79 Å². The van der Waals surface area contributed by atoms with Gasteiger partial charge in [-0.1, -0.05) is 0 Å². The number of halogens is 1. The molecule has 0 atom stereocenters. The Morgan fingerprint density at radius 3 is 2.59 bits per heavy atom. The molecule has 2 rings (SSSR count). The number of anilines is 1. The van der Waals surface area contributed by atoms with Gasteiger partial charge in [0.15, 0.2) is 0 Å². The van der Waals surface area contributed by atoms with Crippen LogP contribution in [0.2, 0.25) is 0 Å². The van der Waals surface area contributed by atoms with Gasteiger partial charge in [-0.05, 0) is 35.0 Å². The molecule has 0 unspecified atom stereocenters. The number of carbonyl (C=O) groups is 1. The third-order valence-electron chi connectivity index (χ3n) is 1.98. The Hall–Kier alpha value is -1.82. The molecule has 0 spiro atoms. The highest BCUT2D eigenvalue weighted by Gasteiger charge is 2.08. The first-order chi connectivity index (χ1) is 8.15. The van der Waals surface area contributed by atoms with Crippen molar-refractivity contribution >= 4 is 27.7 Å². The van der Waals surface area contributed by atoms with E-state index >= 15 is 0 Å². The molecule has 6 heteroatoms. The van der Waals surface area contributed by atoms with Crippen LogP contribution in [0.15, 0.2) is 35.2 Å². The second-order valence-electron chi connectivity index (χ2n) is 3.36. The van der Waals surface area contributed by atoms with Crippen LogP contribution in [-0.2, 0) is 0 Å². The van der Waals surface area contributed by atoms with Crippen molar-refractivity contribution in [3.8, 4) is 0 Å². The zero-order chi connectivity index (χ0) is 12.3. The molecule has 1 amide bonds. The largest absolute Gasteiger partial charge is 0.305 e. The molecule has 5 nitrogen and oxygen atoms in total. The highest BCUT2D eigenvalue weighted by Crippen LogP contribution is 2.11. The van der Waals surface area contributed by atoms with Crippen LogP contribution in [0, 0.1) is 6.92 Å². The standard InChI is InChI=1S/C11H9BrN4O/c1-7-4-14-9(6-13-7)11(17)16-10-3-2-8(12)5-15-10/h2-6H,1H3,(H,15,16,17). The first-order valence-corrected chi connectivity index (χ1v) is 5.66. The summed E-state index contributed by atoms with van der Waals surface area (Å²) in [5, 5.41) is 2.63. The summed E-state index contributed by atoms with van der Waals surface area (Å²) < 4.78 is 0.852. The summed E-state index contributed by atoms with van der Waals surface area (Å²) in [5.41, 5.74) is 1.03. The molecule has 86 valence electrons. The van der Waals surface area contributed by atoms with Gasteiger partial charge in [0.05, 0.1) is 11.9 Å². The third-order valence-corrected chi connectivity index (χ3v) is 2.45. The normalized spacial score (nSPS) is 10.0. The van der Waals surface area contributed by atoms with Gasteiger partial charge < -0.3 is 5.32 Å². The summed E-state index contributed by atoms with van der Waals surface area (Å²) >= 11 is 3.27. The quantitative estimate of drug-likeness (QED) is 0.921. The maximum Gasteiger partial charge on any atom is 0.277 e. The highest BCUT2D eigenvalue weighted by molar-refractivity contribution is 9.10. The smallest absolute Gasteiger partial charge is 0.277 e. The summed E-state index contributed by atoms with van der Waals surface area (Å²) in [4.78, 5) is 23.8. The molecule has 0 aliphatic rings. The van der Waals surface area contributed by atoms with Crippen LogP contribution in [0.3, 0.4) is 0 Å². The molecule has 0 fully saturated rings. The van der Waals surface area contributed by atoms with Crippen molar-refractivity contribution in [2.75, 3.05) is 5.32 Å². The fraction of sp³-hybridized carbons (Fsp3) is 0.0909. The summed E-state index contributed by atoms with van der Waals surface area (Å²) in [6, 6.07) is 3.49. The zero-order valence-corrected chi connectivity index (χ0v) is 10.6. The van der Waals surface area contributed by atoms with E-state index < -0.39 is 0 Å². The fourth-order valence-electron chi connectivity index (χ4n) is 1.14. The van der Waals surface area contributed by atoms with Gasteiger partial charge in [0.1, 0.15) is 11.5 Å². The number of nitrogens with zero attached hydrogens (tertiary/aromatic N) is 3. The van der Waals surface area contributed by atoms with Gasteiger partial charge in [-0.25, -0.2) is 9.97 Å².